The zero-order valence-electron chi connectivity index (χ0n) is 6.62. The van der Waals surface area contributed by atoms with E-state index in [0.717, 1.165) is 12.8 Å². The van der Waals surface area contributed by atoms with Crippen molar-refractivity contribution in [2.45, 2.75) is 44.7 Å². The van der Waals surface area contributed by atoms with Crippen LogP contribution >= 0.6 is 0 Å². The average Bonchev–Trinajstić information content (AvgIpc) is 1.89. The van der Waals surface area contributed by atoms with Crippen molar-refractivity contribution in [2.24, 2.45) is 0 Å². The first kappa shape index (κ1) is 7.77. The Labute approximate surface area is 62.1 Å². The summed E-state index contributed by atoms with van der Waals surface area (Å²) in [5, 5.41) is 0. The van der Waals surface area contributed by atoms with E-state index in [2.05, 4.69) is 6.58 Å². The van der Waals surface area contributed by atoms with Crippen LogP contribution in [0.5, 0.6) is 0 Å². The van der Waals surface area contributed by atoms with E-state index in [4.69, 9.17) is 0 Å². The van der Waals surface area contributed by atoms with Crippen molar-refractivity contribution in [3.63, 3.8) is 0 Å². The highest BCUT2D eigenvalue weighted by atomic mass is 19.1. The predicted octanol–water partition coefficient (Wildman–Crippen LogP) is 3.23. The molecular weight excluding hydrogens is 127 g/mol. The Morgan fingerprint density at radius 3 is 2.10 bits per heavy atom. The van der Waals surface area contributed by atoms with Gasteiger partial charge in [0.15, 0.2) is 0 Å². The summed E-state index contributed by atoms with van der Waals surface area (Å²) in [6, 6.07) is 0. The van der Waals surface area contributed by atoms with Crippen LogP contribution in [0.4, 0.5) is 4.39 Å². The number of rotatable bonds is 1. The second-order valence-corrected chi connectivity index (χ2v) is 3.31. The van der Waals surface area contributed by atoms with E-state index >= 15 is 0 Å². The summed E-state index contributed by atoms with van der Waals surface area (Å²) in [4.78, 5) is 0. The van der Waals surface area contributed by atoms with Crippen LogP contribution in [0.1, 0.15) is 39.0 Å². The molecule has 1 aliphatic rings. The first-order valence-electron chi connectivity index (χ1n) is 4.00. The molecule has 0 N–H and O–H groups in total. The van der Waals surface area contributed by atoms with E-state index in [0.29, 0.717) is 18.4 Å². The van der Waals surface area contributed by atoms with Crippen molar-refractivity contribution in [2.75, 3.05) is 0 Å². The van der Waals surface area contributed by atoms with Crippen molar-refractivity contribution in [1.82, 2.24) is 0 Å². The summed E-state index contributed by atoms with van der Waals surface area (Å²) in [5.74, 6) is 0. The summed E-state index contributed by atoms with van der Waals surface area (Å²) in [7, 11) is 0. The van der Waals surface area contributed by atoms with Gasteiger partial charge in [-0.05, 0) is 38.2 Å². The topological polar surface area (TPSA) is 0 Å². The van der Waals surface area contributed by atoms with Gasteiger partial charge in [-0.2, -0.15) is 0 Å². The fraction of sp³-hybridized carbons (Fsp3) is 0.778. The van der Waals surface area contributed by atoms with Crippen molar-refractivity contribution in [1.29, 1.82) is 0 Å². The Morgan fingerprint density at radius 1 is 1.30 bits per heavy atom. The Morgan fingerprint density at radius 2 is 1.80 bits per heavy atom. The van der Waals surface area contributed by atoms with Crippen LogP contribution in [-0.2, 0) is 0 Å². The number of alkyl halides is 1. The van der Waals surface area contributed by atoms with E-state index in [1.807, 2.05) is 0 Å². The molecule has 0 aromatic carbocycles. The molecule has 0 bridgehead atoms. The van der Waals surface area contributed by atoms with Crippen LogP contribution in [0.2, 0.25) is 0 Å². The second-order valence-electron chi connectivity index (χ2n) is 3.31. The summed E-state index contributed by atoms with van der Waals surface area (Å²) >= 11 is 0. The van der Waals surface area contributed by atoms with Crippen LogP contribution in [0, 0.1) is 0 Å². The zero-order valence-corrected chi connectivity index (χ0v) is 6.62. The molecule has 10 heavy (non-hydrogen) atoms. The summed E-state index contributed by atoms with van der Waals surface area (Å²) in [6.07, 6.45) is 4.65. The third kappa shape index (κ3) is 1.39. The van der Waals surface area contributed by atoms with Gasteiger partial charge < -0.3 is 0 Å². The van der Waals surface area contributed by atoms with Gasteiger partial charge in [-0.25, -0.2) is 4.39 Å². The lowest BCUT2D eigenvalue weighted by atomic mass is 9.82. The van der Waals surface area contributed by atoms with Crippen LogP contribution in [0.15, 0.2) is 12.2 Å². The third-order valence-corrected chi connectivity index (χ3v) is 2.41. The Balaban J connectivity index is 2.56. The zero-order chi connectivity index (χ0) is 7.61. The second kappa shape index (κ2) is 2.73. The quantitative estimate of drug-likeness (QED) is 0.493. The van der Waals surface area contributed by atoms with E-state index in [-0.39, 0.29) is 0 Å². The number of halogens is 1. The molecule has 0 amide bonds. The van der Waals surface area contributed by atoms with Crippen LogP contribution < -0.4 is 0 Å². The average molecular weight is 142 g/mol. The smallest absolute Gasteiger partial charge is 0.131 e. The molecule has 0 aromatic rings. The fourth-order valence-electron chi connectivity index (χ4n) is 1.54. The SMILES string of the molecule is C=C(C)C1(F)CCCCC1. The molecule has 0 heterocycles. The molecular formula is C9H15F. The van der Waals surface area contributed by atoms with E-state index in [1.54, 1.807) is 6.92 Å². The molecule has 0 spiro atoms. The molecule has 0 saturated heterocycles. The molecule has 0 aliphatic heterocycles. The Kier molecular flexibility index (Phi) is 2.12. The van der Waals surface area contributed by atoms with E-state index in [1.165, 1.54) is 6.42 Å². The molecule has 0 nitrogen and oxygen atoms in total. The van der Waals surface area contributed by atoms with E-state index in [9.17, 15) is 4.39 Å². The molecule has 58 valence electrons. The van der Waals surface area contributed by atoms with Gasteiger partial charge in [0.25, 0.3) is 0 Å². The number of allylic oxidation sites excluding steroid dienone is 1. The molecule has 0 unspecified atom stereocenters. The van der Waals surface area contributed by atoms with Crippen molar-refractivity contribution in [3.8, 4) is 0 Å². The lowest BCUT2D eigenvalue weighted by molar-refractivity contribution is 0.149. The molecule has 0 radical (unpaired) electrons. The standard InChI is InChI=1S/C9H15F/c1-8(2)9(10)6-4-3-5-7-9/h1,3-7H2,2H3. The monoisotopic (exact) mass is 142 g/mol. The van der Waals surface area contributed by atoms with Gasteiger partial charge >= 0.3 is 0 Å². The highest BCUT2D eigenvalue weighted by molar-refractivity contribution is 5.10. The van der Waals surface area contributed by atoms with E-state index < -0.39 is 5.67 Å². The van der Waals surface area contributed by atoms with Crippen LogP contribution in [0.25, 0.3) is 0 Å². The molecule has 1 saturated carbocycles. The maximum Gasteiger partial charge on any atom is 0.131 e. The third-order valence-electron chi connectivity index (χ3n) is 2.41. The summed E-state index contributed by atoms with van der Waals surface area (Å²) in [6.45, 7) is 5.47. The molecule has 1 heteroatoms. The molecule has 1 fully saturated rings. The highest BCUT2D eigenvalue weighted by Crippen LogP contribution is 2.36. The largest absolute Gasteiger partial charge is 0.239 e. The maximum atomic E-state index is 13.6. The maximum absolute atomic E-state index is 13.6. The van der Waals surface area contributed by atoms with Gasteiger partial charge in [-0.1, -0.05) is 13.0 Å². The number of hydrogen-bond acceptors (Lipinski definition) is 0. The van der Waals surface area contributed by atoms with Crippen molar-refractivity contribution < 1.29 is 4.39 Å². The van der Waals surface area contributed by atoms with Gasteiger partial charge in [0.2, 0.25) is 0 Å². The Hall–Kier alpha value is -0.330. The van der Waals surface area contributed by atoms with Crippen molar-refractivity contribution in [3.05, 3.63) is 12.2 Å². The molecule has 0 aromatic heterocycles. The van der Waals surface area contributed by atoms with Crippen LogP contribution in [-0.4, -0.2) is 5.67 Å². The van der Waals surface area contributed by atoms with Gasteiger partial charge in [-0.15, -0.1) is 0 Å². The van der Waals surface area contributed by atoms with Gasteiger partial charge in [0.05, 0.1) is 0 Å². The van der Waals surface area contributed by atoms with Gasteiger partial charge in [0.1, 0.15) is 5.67 Å². The first-order chi connectivity index (χ1) is 4.65. The van der Waals surface area contributed by atoms with Crippen molar-refractivity contribution >= 4 is 0 Å². The van der Waals surface area contributed by atoms with Crippen LogP contribution in [0.3, 0.4) is 0 Å². The minimum absolute atomic E-state index is 0.697. The predicted molar refractivity (Wildman–Crippen MR) is 41.7 cm³/mol. The summed E-state index contributed by atoms with van der Waals surface area (Å²) in [5.41, 5.74) is -0.301. The minimum atomic E-state index is -1.02. The van der Waals surface area contributed by atoms with Gasteiger partial charge in [0, 0.05) is 0 Å². The highest BCUT2D eigenvalue weighted by Gasteiger charge is 2.31. The number of hydrogen-bond donors (Lipinski definition) is 0. The Bertz CT molecular complexity index is 132. The fourth-order valence-corrected chi connectivity index (χ4v) is 1.54. The molecule has 1 aliphatic carbocycles. The summed E-state index contributed by atoms with van der Waals surface area (Å²) < 4.78 is 13.6. The molecule has 1 rings (SSSR count). The van der Waals surface area contributed by atoms with Gasteiger partial charge in [-0.3, -0.25) is 0 Å². The lowest BCUT2D eigenvalue weighted by Gasteiger charge is -2.29. The lowest BCUT2D eigenvalue weighted by Crippen LogP contribution is -2.26. The normalized spacial score (nSPS) is 24.2. The molecule has 0 atom stereocenters. The first-order valence-corrected chi connectivity index (χ1v) is 4.00. The minimum Gasteiger partial charge on any atom is -0.239 e.